The van der Waals surface area contributed by atoms with Crippen LogP contribution in [0.15, 0.2) is 24.3 Å². The largest absolute Gasteiger partial charge is 0.462 e. The Hall–Kier alpha value is -3.05. The van der Waals surface area contributed by atoms with Crippen LogP contribution in [0, 0.1) is 29.1 Å². The molecule has 3 aliphatic carbocycles. The van der Waals surface area contributed by atoms with Crippen LogP contribution in [0.25, 0.3) is 0 Å². The normalized spacial score (nSPS) is 39.5. The number of hydrogen-bond acceptors (Lipinski definition) is 11. The number of Topliss-reactive ketones (excluding diaryl/α,β-unsaturated/α-hetero) is 1. The second kappa shape index (κ2) is 11.7. The summed E-state index contributed by atoms with van der Waals surface area (Å²) in [4.78, 5) is 65.9. The molecule has 0 aromatic heterocycles. The van der Waals surface area contributed by atoms with E-state index < -0.39 is 94.9 Å². The van der Waals surface area contributed by atoms with E-state index in [1.807, 2.05) is 0 Å². The molecule has 2 saturated carbocycles. The minimum atomic E-state index is -2.13. The fourth-order valence-corrected chi connectivity index (χ4v) is 7.66. The molecule has 0 aromatic carbocycles. The number of fused-ring (bicyclic) bond motifs is 2. The second-order valence-corrected chi connectivity index (χ2v) is 11.9. The first-order valence-corrected chi connectivity index (χ1v) is 14.0. The van der Waals surface area contributed by atoms with Crippen LogP contribution in [0.3, 0.4) is 0 Å². The number of aliphatic hydroxyl groups excluding tert-OH is 2. The van der Waals surface area contributed by atoms with Crippen LogP contribution in [-0.2, 0) is 42.9 Å². The molecule has 11 nitrogen and oxygen atoms in total. The zero-order valence-electron chi connectivity index (χ0n) is 24.8. The molecule has 0 aromatic rings. The van der Waals surface area contributed by atoms with E-state index in [0.717, 1.165) is 13.8 Å². The van der Waals surface area contributed by atoms with Crippen molar-refractivity contribution in [1.82, 2.24) is 0 Å². The van der Waals surface area contributed by atoms with Crippen LogP contribution >= 0.6 is 0 Å². The van der Waals surface area contributed by atoms with Gasteiger partial charge in [-0.15, -0.1) is 0 Å². The number of esters is 4. The highest BCUT2D eigenvalue weighted by Gasteiger charge is 2.78. The van der Waals surface area contributed by atoms with Crippen LogP contribution in [0.2, 0.25) is 0 Å². The van der Waals surface area contributed by atoms with Crippen molar-refractivity contribution in [3.05, 3.63) is 24.3 Å². The highest BCUT2D eigenvalue weighted by molar-refractivity contribution is 5.99. The summed E-state index contributed by atoms with van der Waals surface area (Å²) in [6.07, 6.45) is -0.963. The molecule has 0 aliphatic heterocycles. The van der Waals surface area contributed by atoms with Crippen LogP contribution in [0.4, 0.5) is 0 Å². The van der Waals surface area contributed by atoms with Crippen molar-refractivity contribution in [2.45, 2.75) is 97.2 Å². The number of allylic oxidation sites excluding steroid dienone is 2. The Morgan fingerprint density at radius 3 is 2.12 bits per heavy atom. The third-order valence-corrected chi connectivity index (χ3v) is 8.89. The lowest BCUT2D eigenvalue weighted by molar-refractivity contribution is -0.219. The number of ether oxygens (including phenoxy) is 4. The first-order valence-electron chi connectivity index (χ1n) is 14.0. The quantitative estimate of drug-likeness (QED) is 0.247. The second-order valence-electron chi connectivity index (χ2n) is 11.9. The topological polar surface area (TPSA) is 163 Å². The molecule has 3 aliphatic rings. The predicted octanol–water partition coefficient (Wildman–Crippen LogP) is 2.21. The van der Waals surface area contributed by atoms with Crippen molar-refractivity contribution in [2.24, 2.45) is 29.1 Å². The molecule has 0 unspecified atom stereocenters. The van der Waals surface area contributed by atoms with Crippen molar-refractivity contribution in [3.63, 3.8) is 0 Å². The van der Waals surface area contributed by atoms with E-state index in [4.69, 9.17) is 18.9 Å². The zero-order valence-corrected chi connectivity index (χ0v) is 24.8. The molecule has 2 fully saturated rings. The van der Waals surface area contributed by atoms with Crippen molar-refractivity contribution in [3.8, 4) is 0 Å². The van der Waals surface area contributed by atoms with Gasteiger partial charge in [-0.3, -0.25) is 24.0 Å². The molecule has 10 atom stereocenters. The molecule has 11 heteroatoms. The maximum absolute atomic E-state index is 15.0. The van der Waals surface area contributed by atoms with Crippen LogP contribution in [-0.4, -0.2) is 76.0 Å². The van der Waals surface area contributed by atoms with Gasteiger partial charge in [0.1, 0.15) is 12.2 Å². The zero-order chi connectivity index (χ0) is 31.1. The number of aliphatic hydroxyl groups is 2. The molecule has 0 heterocycles. The average Bonchev–Trinajstić information content (AvgIpc) is 3.09. The third kappa shape index (κ3) is 5.22. The monoisotopic (exact) mass is 578 g/mol. The summed E-state index contributed by atoms with van der Waals surface area (Å²) in [6, 6.07) is 0. The number of hydrogen-bond donors (Lipinski definition) is 2. The predicted molar refractivity (Wildman–Crippen MR) is 144 cm³/mol. The van der Waals surface area contributed by atoms with Crippen molar-refractivity contribution >= 4 is 29.7 Å². The maximum Gasteiger partial charge on any atom is 0.306 e. The lowest BCUT2D eigenvalue weighted by Gasteiger charge is -2.55. The van der Waals surface area contributed by atoms with Gasteiger partial charge in [0.25, 0.3) is 0 Å². The molecule has 0 bridgehead atoms. The summed E-state index contributed by atoms with van der Waals surface area (Å²) in [5.41, 5.74) is -5.63. The third-order valence-electron chi connectivity index (χ3n) is 8.89. The number of carbonyl (C=O) groups is 5. The van der Waals surface area contributed by atoms with Gasteiger partial charge in [0.2, 0.25) is 5.78 Å². The highest BCUT2D eigenvalue weighted by Crippen LogP contribution is 2.63. The lowest BCUT2D eigenvalue weighted by atomic mass is 9.53. The van der Waals surface area contributed by atoms with Gasteiger partial charge in [0.15, 0.2) is 11.2 Å². The summed E-state index contributed by atoms with van der Waals surface area (Å²) >= 11 is 0. The lowest BCUT2D eigenvalue weighted by Crippen LogP contribution is -2.65. The SMILES string of the molecule is C=C(C)[C@H]1C=C[C@@H](O)[C@@]2(CO)[C@H](OC(=O)CCC)[C@H]3[C@@H](OC(C)=O)[C@@H](C)C[C@]3(OC(C)=O)C(=O)[C@@](C)(OC(C)=O)[C@H]12. The van der Waals surface area contributed by atoms with E-state index in [2.05, 4.69) is 6.58 Å². The molecule has 0 amide bonds. The van der Waals surface area contributed by atoms with E-state index in [1.165, 1.54) is 19.9 Å². The Morgan fingerprint density at radius 2 is 1.63 bits per heavy atom. The van der Waals surface area contributed by atoms with Gasteiger partial charge in [0, 0.05) is 45.4 Å². The smallest absolute Gasteiger partial charge is 0.306 e. The first kappa shape index (κ1) is 32.5. The van der Waals surface area contributed by atoms with Gasteiger partial charge < -0.3 is 29.2 Å². The van der Waals surface area contributed by atoms with Gasteiger partial charge in [-0.1, -0.05) is 38.2 Å². The average molecular weight is 579 g/mol. The Balaban J connectivity index is 2.56. The summed E-state index contributed by atoms with van der Waals surface area (Å²) in [7, 11) is 0. The highest BCUT2D eigenvalue weighted by atomic mass is 16.6. The number of ketones is 1. The van der Waals surface area contributed by atoms with Crippen LogP contribution in [0.5, 0.6) is 0 Å². The number of carbonyl (C=O) groups excluding carboxylic acids is 5. The minimum absolute atomic E-state index is 0.0330. The maximum atomic E-state index is 15.0. The van der Waals surface area contributed by atoms with Gasteiger partial charge in [-0.25, -0.2) is 0 Å². The Kier molecular flexibility index (Phi) is 9.25. The fourth-order valence-electron chi connectivity index (χ4n) is 7.66. The molecule has 0 saturated heterocycles. The van der Waals surface area contributed by atoms with E-state index in [0.29, 0.717) is 12.0 Å². The fraction of sp³-hybridized carbons (Fsp3) is 0.700. The Labute approximate surface area is 240 Å². The van der Waals surface area contributed by atoms with Crippen molar-refractivity contribution in [2.75, 3.05) is 6.61 Å². The molecule has 0 radical (unpaired) electrons. The van der Waals surface area contributed by atoms with E-state index in [1.54, 1.807) is 26.8 Å². The summed E-state index contributed by atoms with van der Waals surface area (Å²) in [5.74, 6) is -7.87. The van der Waals surface area contributed by atoms with E-state index in [9.17, 15) is 29.4 Å². The Bertz CT molecular complexity index is 1140. The molecular weight excluding hydrogens is 536 g/mol. The molecule has 2 N–H and O–H groups in total. The van der Waals surface area contributed by atoms with Crippen LogP contribution in [0.1, 0.15) is 67.7 Å². The van der Waals surface area contributed by atoms with Gasteiger partial charge in [0.05, 0.1) is 24.0 Å². The van der Waals surface area contributed by atoms with Crippen LogP contribution < -0.4 is 0 Å². The molecule has 41 heavy (non-hydrogen) atoms. The van der Waals surface area contributed by atoms with E-state index in [-0.39, 0.29) is 12.8 Å². The standard InChI is InChI=1S/C30H42O11/c1-9-10-22(36)39-26-23-24(38-17(5)32)16(4)13-30(23,41-19(7)34)27(37)28(8,40-18(6)33)25-20(15(2)3)11-12-21(35)29(25,26)14-31/h11-12,16,20-21,23-26,31,35H,2,9-10,13-14H2,1,3-8H3/t16-,20+,21+,23+,24-,25-,26+,28-,29+,30+/m0/s1. The number of rotatable bonds is 8. The molecule has 0 spiro atoms. The molecule has 3 rings (SSSR count). The molecular formula is C30H42O11. The van der Waals surface area contributed by atoms with Gasteiger partial charge in [-0.2, -0.15) is 0 Å². The Morgan fingerprint density at radius 1 is 1.02 bits per heavy atom. The van der Waals surface area contributed by atoms with E-state index >= 15 is 4.79 Å². The summed E-state index contributed by atoms with van der Waals surface area (Å²) in [5, 5.41) is 23.0. The first-order chi connectivity index (χ1) is 19.0. The summed E-state index contributed by atoms with van der Waals surface area (Å²) in [6.45, 7) is 13.1. The summed E-state index contributed by atoms with van der Waals surface area (Å²) < 4.78 is 23.5. The molecule has 228 valence electrons. The minimum Gasteiger partial charge on any atom is -0.462 e. The van der Waals surface area contributed by atoms with Gasteiger partial charge >= 0.3 is 23.9 Å². The van der Waals surface area contributed by atoms with Crippen molar-refractivity contribution in [1.29, 1.82) is 0 Å². The van der Waals surface area contributed by atoms with Gasteiger partial charge in [-0.05, 0) is 26.2 Å². The van der Waals surface area contributed by atoms with Crippen molar-refractivity contribution < 1.29 is 53.1 Å².